The Hall–Kier alpha value is -2.98. The van der Waals surface area contributed by atoms with Crippen LogP contribution in [-0.2, 0) is 20.9 Å². The largest absolute Gasteiger partial charge is 0.490 e. The third kappa shape index (κ3) is 6.54. The molecule has 1 spiro atoms. The number of benzene rings is 1. The molecule has 1 aromatic heterocycles. The number of rotatable bonds is 6. The zero-order valence-corrected chi connectivity index (χ0v) is 18.8. The molecule has 1 atom stereocenters. The number of amides is 1. The molecule has 2 fully saturated rings. The van der Waals surface area contributed by atoms with Crippen LogP contribution in [-0.4, -0.2) is 64.9 Å². The first-order valence-electron chi connectivity index (χ1n) is 10.9. The van der Waals surface area contributed by atoms with E-state index >= 15 is 0 Å². The number of likely N-dealkylation sites (tertiary alicyclic amines) is 1. The molecular formula is C24H27F3N2O5. The molecule has 0 saturated carbocycles. The van der Waals surface area contributed by atoms with Crippen molar-refractivity contribution in [3.05, 3.63) is 65.5 Å². The average Bonchev–Trinajstić information content (AvgIpc) is 3.20. The highest BCUT2D eigenvalue weighted by molar-refractivity contribution is 5.95. The topological polar surface area (TPSA) is 89.0 Å². The molecule has 1 aromatic carbocycles. The van der Waals surface area contributed by atoms with Crippen molar-refractivity contribution in [1.29, 1.82) is 0 Å². The lowest BCUT2D eigenvalue weighted by Crippen LogP contribution is -2.66. The molecule has 2 aromatic rings. The second kappa shape index (κ2) is 11.0. The van der Waals surface area contributed by atoms with Crippen molar-refractivity contribution in [2.24, 2.45) is 5.92 Å². The standard InChI is InChI=1S/C22H26N2O3.C2HF3O2/c1-17-2-4-19(5-3-17)21(25)24-15-22(16-24)20(9-13-27-22)8-12-26-14-18-6-10-23-11-7-18;3-2(4,5)1(6)7/h2-7,10-11,20H,8-9,12-16H2,1H3;(H,6,7). The molecule has 10 heteroatoms. The molecule has 7 nitrogen and oxygen atoms in total. The van der Waals surface area contributed by atoms with Crippen molar-refractivity contribution < 1.29 is 37.3 Å². The molecule has 34 heavy (non-hydrogen) atoms. The van der Waals surface area contributed by atoms with Crippen LogP contribution in [0.4, 0.5) is 13.2 Å². The van der Waals surface area contributed by atoms with Gasteiger partial charge in [-0.05, 0) is 55.5 Å². The lowest BCUT2D eigenvalue weighted by molar-refractivity contribution is -0.192. The van der Waals surface area contributed by atoms with Gasteiger partial charge >= 0.3 is 12.1 Å². The Morgan fingerprint density at radius 3 is 2.38 bits per heavy atom. The Balaban J connectivity index is 0.000000406. The molecule has 2 saturated heterocycles. The van der Waals surface area contributed by atoms with Gasteiger partial charge in [0.2, 0.25) is 0 Å². The molecule has 2 aliphatic heterocycles. The molecule has 1 unspecified atom stereocenters. The van der Waals surface area contributed by atoms with Crippen LogP contribution < -0.4 is 0 Å². The molecule has 184 valence electrons. The fraction of sp³-hybridized carbons (Fsp3) is 0.458. The number of alkyl halides is 3. The number of pyridine rings is 1. The summed E-state index contributed by atoms with van der Waals surface area (Å²) >= 11 is 0. The minimum atomic E-state index is -5.08. The zero-order valence-electron chi connectivity index (χ0n) is 18.8. The van der Waals surface area contributed by atoms with Crippen LogP contribution in [0, 0.1) is 12.8 Å². The Morgan fingerprint density at radius 1 is 1.18 bits per heavy atom. The number of ether oxygens (including phenoxy) is 2. The molecule has 0 aliphatic carbocycles. The van der Waals surface area contributed by atoms with E-state index in [0.717, 1.165) is 36.1 Å². The molecule has 0 radical (unpaired) electrons. The van der Waals surface area contributed by atoms with Crippen LogP contribution in [0.3, 0.4) is 0 Å². The average molecular weight is 480 g/mol. The van der Waals surface area contributed by atoms with Crippen LogP contribution in [0.2, 0.25) is 0 Å². The second-order valence-electron chi connectivity index (χ2n) is 8.43. The predicted octanol–water partition coefficient (Wildman–Crippen LogP) is 3.86. The number of hydrogen-bond acceptors (Lipinski definition) is 5. The van der Waals surface area contributed by atoms with E-state index in [1.54, 1.807) is 12.4 Å². The van der Waals surface area contributed by atoms with Gasteiger partial charge in [-0.25, -0.2) is 4.79 Å². The summed E-state index contributed by atoms with van der Waals surface area (Å²) in [5.74, 6) is -2.20. The Kier molecular flexibility index (Phi) is 8.27. The number of halogens is 3. The number of carbonyl (C=O) groups excluding carboxylic acids is 1. The van der Waals surface area contributed by atoms with Crippen LogP contribution >= 0.6 is 0 Å². The van der Waals surface area contributed by atoms with E-state index in [-0.39, 0.29) is 11.5 Å². The van der Waals surface area contributed by atoms with Gasteiger partial charge in [0.05, 0.1) is 19.7 Å². The number of aryl methyl sites for hydroxylation is 1. The van der Waals surface area contributed by atoms with Gasteiger partial charge in [-0.2, -0.15) is 13.2 Å². The quantitative estimate of drug-likeness (QED) is 0.632. The van der Waals surface area contributed by atoms with Crippen molar-refractivity contribution in [3.8, 4) is 0 Å². The maximum atomic E-state index is 12.6. The fourth-order valence-electron chi connectivity index (χ4n) is 4.06. The number of carbonyl (C=O) groups is 2. The number of aromatic nitrogens is 1. The van der Waals surface area contributed by atoms with E-state index in [4.69, 9.17) is 19.4 Å². The molecule has 1 amide bonds. The molecule has 1 N–H and O–H groups in total. The summed E-state index contributed by atoms with van der Waals surface area (Å²) in [5, 5.41) is 7.12. The monoisotopic (exact) mass is 480 g/mol. The van der Waals surface area contributed by atoms with Crippen molar-refractivity contribution in [3.63, 3.8) is 0 Å². The first-order chi connectivity index (χ1) is 16.1. The summed E-state index contributed by atoms with van der Waals surface area (Å²) in [7, 11) is 0. The third-order valence-electron chi connectivity index (χ3n) is 5.97. The Morgan fingerprint density at radius 2 is 1.79 bits per heavy atom. The molecule has 4 rings (SSSR count). The Labute approximate surface area is 195 Å². The van der Waals surface area contributed by atoms with Gasteiger partial charge < -0.3 is 19.5 Å². The Bertz CT molecular complexity index is 961. The highest BCUT2D eigenvalue weighted by Crippen LogP contribution is 2.42. The molecule has 3 heterocycles. The number of carboxylic acids is 1. The first kappa shape index (κ1) is 25.6. The van der Waals surface area contributed by atoms with Gasteiger partial charge in [0.25, 0.3) is 5.91 Å². The highest BCUT2D eigenvalue weighted by atomic mass is 19.4. The lowest BCUT2D eigenvalue weighted by Gasteiger charge is -2.50. The van der Waals surface area contributed by atoms with E-state index in [1.807, 2.05) is 48.2 Å². The maximum Gasteiger partial charge on any atom is 0.490 e. The van der Waals surface area contributed by atoms with Gasteiger partial charge in [0.15, 0.2) is 0 Å². The molecular weight excluding hydrogens is 453 g/mol. The van der Waals surface area contributed by atoms with E-state index in [1.165, 1.54) is 0 Å². The van der Waals surface area contributed by atoms with Crippen LogP contribution in [0.5, 0.6) is 0 Å². The van der Waals surface area contributed by atoms with E-state index in [2.05, 4.69) is 4.98 Å². The third-order valence-corrected chi connectivity index (χ3v) is 5.97. The normalized spacial score (nSPS) is 18.7. The smallest absolute Gasteiger partial charge is 0.475 e. The van der Waals surface area contributed by atoms with E-state index < -0.39 is 12.1 Å². The number of carboxylic acid groups (broad SMARTS) is 1. The minimum Gasteiger partial charge on any atom is -0.475 e. The summed E-state index contributed by atoms with van der Waals surface area (Å²) in [6.07, 6.45) is 0.502. The van der Waals surface area contributed by atoms with E-state index in [9.17, 15) is 18.0 Å². The number of hydrogen-bond donors (Lipinski definition) is 1. The second-order valence-corrected chi connectivity index (χ2v) is 8.43. The van der Waals surface area contributed by atoms with Crippen molar-refractivity contribution in [2.75, 3.05) is 26.3 Å². The van der Waals surface area contributed by atoms with Gasteiger partial charge in [0, 0.05) is 31.2 Å². The van der Waals surface area contributed by atoms with E-state index in [0.29, 0.717) is 32.2 Å². The van der Waals surface area contributed by atoms with Crippen LogP contribution in [0.1, 0.15) is 34.3 Å². The molecule has 2 aliphatic rings. The predicted molar refractivity (Wildman–Crippen MR) is 116 cm³/mol. The fourth-order valence-corrected chi connectivity index (χ4v) is 4.06. The number of nitrogens with zero attached hydrogens (tertiary/aromatic N) is 2. The van der Waals surface area contributed by atoms with Crippen molar-refractivity contribution in [2.45, 2.75) is 38.1 Å². The van der Waals surface area contributed by atoms with Gasteiger partial charge in [-0.15, -0.1) is 0 Å². The number of aliphatic carboxylic acids is 1. The lowest BCUT2D eigenvalue weighted by atomic mass is 9.79. The van der Waals surface area contributed by atoms with Crippen LogP contribution in [0.15, 0.2) is 48.8 Å². The summed E-state index contributed by atoms with van der Waals surface area (Å²) in [4.78, 5) is 27.5. The van der Waals surface area contributed by atoms with Gasteiger partial charge in [-0.1, -0.05) is 17.7 Å². The summed E-state index contributed by atoms with van der Waals surface area (Å²) in [5.41, 5.74) is 2.89. The SMILES string of the molecule is Cc1ccc(C(=O)N2CC3(C2)OCCC3CCOCc2ccncc2)cc1.O=C(O)C(F)(F)F. The zero-order chi connectivity index (χ0) is 24.8. The minimum absolute atomic E-state index is 0.101. The van der Waals surface area contributed by atoms with Crippen molar-refractivity contribution >= 4 is 11.9 Å². The maximum absolute atomic E-state index is 12.6. The van der Waals surface area contributed by atoms with Gasteiger partial charge in [-0.3, -0.25) is 9.78 Å². The van der Waals surface area contributed by atoms with Gasteiger partial charge in [0.1, 0.15) is 5.60 Å². The summed E-state index contributed by atoms with van der Waals surface area (Å²) in [6.45, 7) is 5.51. The van der Waals surface area contributed by atoms with Crippen molar-refractivity contribution in [1.82, 2.24) is 9.88 Å². The summed E-state index contributed by atoms with van der Waals surface area (Å²) < 4.78 is 43.7. The van der Waals surface area contributed by atoms with Crippen LogP contribution in [0.25, 0.3) is 0 Å². The summed E-state index contributed by atoms with van der Waals surface area (Å²) in [6, 6.07) is 11.7. The first-order valence-corrected chi connectivity index (χ1v) is 10.9. The molecule has 0 bridgehead atoms. The highest BCUT2D eigenvalue weighted by Gasteiger charge is 2.54.